The molecule has 21 heavy (non-hydrogen) atoms. The molecule has 0 aromatic carbocycles. The summed E-state index contributed by atoms with van der Waals surface area (Å²) in [5.41, 5.74) is 0.895. The van der Waals surface area contributed by atoms with Crippen LogP contribution in [-0.2, 0) is 0 Å². The molecule has 1 atom stereocenters. The van der Waals surface area contributed by atoms with Crippen LogP contribution in [0.3, 0.4) is 0 Å². The largest absolute Gasteiger partial charge is 0.311 e. The van der Waals surface area contributed by atoms with Gasteiger partial charge in [0.1, 0.15) is 0 Å². The molecule has 0 aromatic rings. The van der Waals surface area contributed by atoms with Crippen LogP contribution in [0.5, 0.6) is 0 Å². The van der Waals surface area contributed by atoms with Gasteiger partial charge in [0.15, 0.2) is 0 Å². The number of rotatable bonds is 5. The highest BCUT2D eigenvalue weighted by atomic mass is 15.3. The summed E-state index contributed by atoms with van der Waals surface area (Å²) in [6, 6.07) is 0. The predicted molar refractivity (Wildman–Crippen MR) is 93.9 cm³/mol. The molecule has 1 heterocycles. The number of hydrogen-bond donors (Lipinski definition) is 1. The molecule has 0 saturated carbocycles. The molecular weight excluding hydrogens is 258 g/mol. The third-order valence-electron chi connectivity index (χ3n) is 4.83. The maximum Gasteiger partial charge on any atom is 0.0126 e. The fourth-order valence-electron chi connectivity index (χ4n) is 2.89. The Hall–Kier alpha value is -0.120. The van der Waals surface area contributed by atoms with Crippen molar-refractivity contribution in [3.05, 3.63) is 0 Å². The molecule has 0 spiro atoms. The van der Waals surface area contributed by atoms with Gasteiger partial charge in [0.05, 0.1) is 0 Å². The van der Waals surface area contributed by atoms with Gasteiger partial charge in [0.2, 0.25) is 0 Å². The highest BCUT2D eigenvalue weighted by Crippen LogP contribution is 2.24. The van der Waals surface area contributed by atoms with Crippen LogP contribution >= 0.6 is 0 Å². The minimum Gasteiger partial charge on any atom is -0.311 e. The van der Waals surface area contributed by atoms with Crippen LogP contribution in [0.15, 0.2) is 0 Å². The fraction of sp³-hybridized carbons (Fsp3) is 1.00. The van der Waals surface area contributed by atoms with Gasteiger partial charge in [-0.05, 0) is 53.4 Å². The molecule has 1 saturated heterocycles. The van der Waals surface area contributed by atoms with Crippen molar-refractivity contribution in [2.45, 2.75) is 72.9 Å². The summed E-state index contributed by atoms with van der Waals surface area (Å²) in [7, 11) is 0. The lowest BCUT2D eigenvalue weighted by Gasteiger charge is -2.45. The molecule has 1 aliphatic rings. The van der Waals surface area contributed by atoms with Crippen LogP contribution in [0.2, 0.25) is 0 Å². The fourth-order valence-corrected chi connectivity index (χ4v) is 2.89. The lowest BCUT2D eigenvalue weighted by Crippen LogP contribution is -2.56. The first kappa shape index (κ1) is 18.9. The topological polar surface area (TPSA) is 18.5 Å². The maximum atomic E-state index is 3.70. The SMILES string of the molecule is CCC(C)(CNC(C)(C)C)CN1CCN(C(C)(C)C)CC1. The Bertz CT molecular complexity index is 305. The lowest BCUT2D eigenvalue weighted by molar-refractivity contribution is 0.0404. The summed E-state index contributed by atoms with van der Waals surface area (Å²) < 4.78 is 0. The Morgan fingerprint density at radius 2 is 1.38 bits per heavy atom. The average molecular weight is 298 g/mol. The standard InChI is InChI=1S/C18H39N3/c1-9-18(8,14-19-16(2,3)4)15-20-10-12-21(13-11-20)17(5,6)7/h19H,9-15H2,1-8H3. The van der Waals surface area contributed by atoms with Crippen LogP contribution in [0.4, 0.5) is 0 Å². The van der Waals surface area contributed by atoms with E-state index >= 15 is 0 Å². The molecule has 0 amide bonds. The summed E-state index contributed by atoms with van der Waals surface area (Å²) in [5.74, 6) is 0. The first-order valence-corrected chi connectivity index (χ1v) is 8.68. The molecule has 0 aromatic heterocycles. The molecule has 1 fully saturated rings. The smallest absolute Gasteiger partial charge is 0.0126 e. The van der Waals surface area contributed by atoms with Crippen LogP contribution in [-0.4, -0.2) is 60.1 Å². The highest BCUT2D eigenvalue weighted by Gasteiger charge is 2.31. The van der Waals surface area contributed by atoms with Crippen LogP contribution < -0.4 is 5.32 Å². The molecule has 3 nitrogen and oxygen atoms in total. The van der Waals surface area contributed by atoms with Crippen molar-refractivity contribution in [2.24, 2.45) is 5.41 Å². The van der Waals surface area contributed by atoms with Gasteiger partial charge in [-0.2, -0.15) is 0 Å². The Balaban J connectivity index is 2.48. The van der Waals surface area contributed by atoms with E-state index in [1.54, 1.807) is 0 Å². The van der Waals surface area contributed by atoms with Gasteiger partial charge in [-0.15, -0.1) is 0 Å². The molecule has 1 aliphatic heterocycles. The number of hydrogen-bond acceptors (Lipinski definition) is 3. The molecule has 1 N–H and O–H groups in total. The molecular formula is C18H39N3. The second-order valence-electron chi connectivity index (χ2n) is 9.20. The third kappa shape index (κ3) is 6.66. The van der Waals surface area contributed by atoms with E-state index in [1.165, 1.54) is 39.1 Å². The molecule has 1 unspecified atom stereocenters. The van der Waals surface area contributed by atoms with Gasteiger partial charge in [-0.25, -0.2) is 0 Å². The second kappa shape index (κ2) is 6.97. The highest BCUT2D eigenvalue weighted by molar-refractivity contribution is 4.87. The molecule has 126 valence electrons. The Labute approximate surface area is 133 Å². The zero-order chi connectivity index (χ0) is 16.3. The zero-order valence-corrected chi connectivity index (χ0v) is 15.8. The van der Waals surface area contributed by atoms with Crippen molar-refractivity contribution in [2.75, 3.05) is 39.3 Å². The van der Waals surface area contributed by atoms with Crippen molar-refractivity contribution in [1.82, 2.24) is 15.1 Å². The van der Waals surface area contributed by atoms with E-state index in [-0.39, 0.29) is 5.54 Å². The maximum absolute atomic E-state index is 3.70. The van der Waals surface area contributed by atoms with Gasteiger partial charge < -0.3 is 10.2 Å². The average Bonchev–Trinajstić information content (AvgIpc) is 2.35. The van der Waals surface area contributed by atoms with E-state index in [1.807, 2.05) is 0 Å². The van der Waals surface area contributed by atoms with E-state index in [2.05, 4.69) is 70.5 Å². The number of piperazine rings is 1. The van der Waals surface area contributed by atoms with Gasteiger partial charge in [-0.3, -0.25) is 4.90 Å². The summed E-state index contributed by atoms with van der Waals surface area (Å²) in [5, 5.41) is 3.70. The minimum absolute atomic E-state index is 0.210. The normalized spacial score (nSPS) is 22.3. The van der Waals surface area contributed by atoms with Crippen molar-refractivity contribution >= 4 is 0 Å². The van der Waals surface area contributed by atoms with Crippen LogP contribution in [0, 0.1) is 5.41 Å². The Kier molecular flexibility index (Phi) is 6.28. The van der Waals surface area contributed by atoms with Gasteiger partial charge >= 0.3 is 0 Å². The predicted octanol–water partition coefficient (Wildman–Crippen LogP) is 3.21. The summed E-state index contributed by atoms with van der Waals surface area (Å²) in [6.07, 6.45) is 1.23. The van der Waals surface area contributed by atoms with E-state index in [0.29, 0.717) is 11.0 Å². The molecule has 0 aliphatic carbocycles. The van der Waals surface area contributed by atoms with Gasteiger partial charge in [0.25, 0.3) is 0 Å². The van der Waals surface area contributed by atoms with Crippen LogP contribution in [0.1, 0.15) is 61.8 Å². The van der Waals surface area contributed by atoms with Gasteiger partial charge in [-0.1, -0.05) is 13.8 Å². The van der Waals surface area contributed by atoms with Crippen molar-refractivity contribution in [3.8, 4) is 0 Å². The van der Waals surface area contributed by atoms with E-state index < -0.39 is 0 Å². The minimum atomic E-state index is 0.210. The van der Waals surface area contributed by atoms with E-state index in [9.17, 15) is 0 Å². The first-order valence-electron chi connectivity index (χ1n) is 8.68. The lowest BCUT2D eigenvalue weighted by atomic mass is 9.85. The Morgan fingerprint density at radius 1 is 0.857 bits per heavy atom. The number of nitrogens with one attached hydrogen (secondary N) is 1. The van der Waals surface area contributed by atoms with Gasteiger partial charge in [0, 0.05) is 50.3 Å². The molecule has 0 radical (unpaired) electrons. The second-order valence-corrected chi connectivity index (χ2v) is 9.20. The molecule has 1 rings (SSSR count). The molecule has 3 heteroatoms. The van der Waals surface area contributed by atoms with Crippen LogP contribution in [0.25, 0.3) is 0 Å². The van der Waals surface area contributed by atoms with E-state index in [4.69, 9.17) is 0 Å². The summed E-state index contributed by atoms with van der Waals surface area (Å²) >= 11 is 0. The number of nitrogens with zero attached hydrogens (tertiary/aromatic N) is 2. The summed E-state index contributed by atoms with van der Waals surface area (Å²) in [6.45, 7) is 25.6. The summed E-state index contributed by atoms with van der Waals surface area (Å²) in [4.78, 5) is 5.27. The Morgan fingerprint density at radius 3 is 1.76 bits per heavy atom. The monoisotopic (exact) mass is 297 g/mol. The third-order valence-corrected chi connectivity index (χ3v) is 4.83. The zero-order valence-electron chi connectivity index (χ0n) is 15.8. The van der Waals surface area contributed by atoms with Crippen molar-refractivity contribution in [3.63, 3.8) is 0 Å². The van der Waals surface area contributed by atoms with Crippen molar-refractivity contribution in [1.29, 1.82) is 0 Å². The van der Waals surface area contributed by atoms with E-state index in [0.717, 1.165) is 6.54 Å². The molecule has 0 bridgehead atoms. The first-order chi connectivity index (χ1) is 9.45. The quantitative estimate of drug-likeness (QED) is 0.840. The van der Waals surface area contributed by atoms with Crippen molar-refractivity contribution < 1.29 is 0 Å².